The molecule has 2 aliphatic carbocycles. The van der Waals surface area contributed by atoms with Crippen LogP contribution in [0, 0.1) is 17.3 Å². The Morgan fingerprint density at radius 1 is 1.33 bits per heavy atom. The van der Waals surface area contributed by atoms with Crippen molar-refractivity contribution in [3.63, 3.8) is 0 Å². The van der Waals surface area contributed by atoms with Gasteiger partial charge in [-0.25, -0.2) is 0 Å². The molecule has 68 valence electrons. The highest BCUT2D eigenvalue weighted by molar-refractivity contribution is 5.11. The van der Waals surface area contributed by atoms with Crippen LogP contribution in [0.4, 0.5) is 0 Å². The SMILES string of the molecule is C=C1CCCC2CC(C)(C)CC12. The van der Waals surface area contributed by atoms with Gasteiger partial charge in [0.1, 0.15) is 0 Å². The summed E-state index contributed by atoms with van der Waals surface area (Å²) >= 11 is 0. The molecule has 0 heteroatoms. The van der Waals surface area contributed by atoms with Crippen molar-refractivity contribution >= 4 is 0 Å². The molecule has 2 saturated carbocycles. The van der Waals surface area contributed by atoms with E-state index in [-0.39, 0.29) is 0 Å². The maximum atomic E-state index is 4.22. The number of allylic oxidation sites excluding steroid dienone is 1. The molecule has 0 bridgehead atoms. The van der Waals surface area contributed by atoms with Gasteiger partial charge < -0.3 is 0 Å². The van der Waals surface area contributed by atoms with Crippen molar-refractivity contribution in [2.75, 3.05) is 0 Å². The molecule has 0 N–H and O–H groups in total. The highest BCUT2D eigenvalue weighted by Gasteiger charge is 2.41. The molecule has 0 aliphatic heterocycles. The molecule has 2 unspecified atom stereocenters. The van der Waals surface area contributed by atoms with Crippen LogP contribution in [0.5, 0.6) is 0 Å². The summed E-state index contributed by atoms with van der Waals surface area (Å²) in [4.78, 5) is 0. The maximum absolute atomic E-state index is 4.22. The van der Waals surface area contributed by atoms with Gasteiger partial charge in [0.25, 0.3) is 0 Å². The molecule has 0 spiro atoms. The van der Waals surface area contributed by atoms with Gasteiger partial charge in [-0.2, -0.15) is 0 Å². The first-order chi connectivity index (χ1) is 5.58. The second kappa shape index (κ2) is 2.61. The Morgan fingerprint density at radius 2 is 2.08 bits per heavy atom. The van der Waals surface area contributed by atoms with Crippen LogP contribution in [-0.2, 0) is 0 Å². The fourth-order valence-electron chi connectivity index (χ4n) is 3.25. The maximum Gasteiger partial charge on any atom is -0.0172 e. The average Bonchev–Trinajstić information content (AvgIpc) is 2.25. The Balaban J connectivity index is 2.14. The Hall–Kier alpha value is -0.260. The number of hydrogen-bond acceptors (Lipinski definition) is 0. The fraction of sp³-hybridized carbons (Fsp3) is 0.833. The zero-order valence-electron chi connectivity index (χ0n) is 8.40. The van der Waals surface area contributed by atoms with Crippen LogP contribution in [0.2, 0.25) is 0 Å². The summed E-state index contributed by atoms with van der Waals surface area (Å²) < 4.78 is 0. The summed E-state index contributed by atoms with van der Waals surface area (Å²) in [6, 6.07) is 0. The van der Waals surface area contributed by atoms with E-state index in [0.29, 0.717) is 5.41 Å². The Labute approximate surface area is 76.1 Å². The van der Waals surface area contributed by atoms with Crippen molar-refractivity contribution in [3.05, 3.63) is 12.2 Å². The van der Waals surface area contributed by atoms with E-state index < -0.39 is 0 Å². The lowest BCUT2D eigenvalue weighted by atomic mass is 9.79. The predicted octanol–water partition coefficient (Wildman–Crippen LogP) is 3.78. The lowest BCUT2D eigenvalue weighted by Gasteiger charge is -2.27. The van der Waals surface area contributed by atoms with E-state index in [0.717, 1.165) is 11.8 Å². The summed E-state index contributed by atoms with van der Waals surface area (Å²) in [5, 5.41) is 0. The number of rotatable bonds is 0. The van der Waals surface area contributed by atoms with Gasteiger partial charge in [-0.15, -0.1) is 0 Å². The smallest absolute Gasteiger partial charge is 0.0172 e. The normalized spacial score (nSPS) is 39.7. The molecule has 0 nitrogen and oxygen atoms in total. The summed E-state index contributed by atoms with van der Waals surface area (Å²) in [7, 11) is 0. The summed E-state index contributed by atoms with van der Waals surface area (Å²) in [6.07, 6.45) is 7.01. The lowest BCUT2D eigenvalue weighted by Crippen LogP contribution is -2.15. The van der Waals surface area contributed by atoms with E-state index in [2.05, 4.69) is 20.4 Å². The van der Waals surface area contributed by atoms with Crippen molar-refractivity contribution < 1.29 is 0 Å². The van der Waals surface area contributed by atoms with Gasteiger partial charge in [0.15, 0.2) is 0 Å². The molecule has 0 amide bonds. The van der Waals surface area contributed by atoms with E-state index in [1.54, 1.807) is 5.57 Å². The second-order valence-electron chi connectivity index (χ2n) is 5.49. The van der Waals surface area contributed by atoms with Crippen molar-refractivity contribution in [3.8, 4) is 0 Å². The van der Waals surface area contributed by atoms with E-state index in [9.17, 15) is 0 Å². The minimum atomic E-state index is 0.600. The molecule has 2 atom stereocenters. The molecule has 0 aromatic carbocycles. The Kier molecular flexibility index (Phi) is 1.82. The van der Waals surface area contributed by atoms with Gasteiger partial charge in [-0.3, -0.25) is 0 Å². The third-order valence-corrected chi connectivity index (χ3v) is 3.75. The first kappa shape index (κ1) is 8.34. The van der Waals surface area contributed by atoms with Crippen molar-refractivity contribution in [2.45, 2.75) is 46.0 Å². The quantitative estimate of drug-likeness (QED) is 0.478. The van der Waals surface area contributed by atoms with Crippen LogP contribution >= 0.6 is 0 Å². The minimum Gasteiger partial charge on any atom is -0.0996 e. The average molecular weight is 164 g/mol. The zero-order valence-corrected chi connectivity index (χ0v) is 8.40. The monoisotopic (exact) mass is 164 g/mol. The first-order valence-corrected chi connectivity index (χ1v) is 5.26. The van der Waals surface area contributed by atoms with E-state index in [1.165, 1.54) is 32.1 Å². The van der Waals surface area contributed by atoms with Gasteiger partial charge in [0, 0.05) is 0 Å². The van der Waals surface area contributed by atoms with Crippen molar-refractivity contribution in [1.29, 1.82) is 0 Å². The molecule has 2 fully saturated rings. The molecule has 0 saturated heterocycles. The fourth-order valence-corrected chi connectivity index (χ4v) is 3.25. The van der Waals surface area contributed by atoms with Crippen LogP contribution < -0.4 is 0 Å². The van der Waals surface area contributed by atoms with Crippen LogP contribution in [0.1, 0.15) is 46.0 Å². The summed E-state index contributed by atoms with van der Waals surface area (Å²) in [5.41, 5.74) is 2.15. The summed E-state index contributed by atoms with van der Waals surface area (Å²) in [5.74, 6) is 1.87. The van der Waals surface area contributed by atoms with Gasteiger partial charge in [0.05, 0.1) is 0 Å². The number of fused-ring (bicyclic) bond motifs is 1. The minimum absolute atomic E-state index is 0.600. The number of hydrogen-bond donors (Lipinski definition) is 0. The predicted molar refractivity (Wildman–Crippen MR) is 53.0 cm³/mol. The molecule has 2 aliphatic rings. The molecule has 2 rings (SSSR count). The van der Waals surface area contributed by atoms with Crippen LogP contribution in [0.3, 0.4) is 0 Å². The van der Waals surface area contributed by atoms with E-state index >= 15 is 0 Å². The van der Waals surface area contributed by atoms with Crippen molar-refractivity contribution in [2.24, 2.45) is 17.3 Å². The molecular formula is C12H20. The van der Waals surface area contributed by atoms with Crippen LogP contribution in [0.15, 0.2) is 12.2 Å². The van der Waals surface area contributed by atoms with Crippen molar-refractivity contribution in [1.82, 2.24) is 0 Å². The Bertz CT molecular complexity index is 200. The second-order valence-corrected chi connectivity index (χ2v) is 5.49. The molecule has 0 heterocycles. The van der Waals surface area contributed by atoms with E-state index in [4.69, 9.17) is 0 Å². The summed E-state index contributed by atoms with van der Waals surface area (Å²) in [6.45, 7) is 9.05. The third kappa shape index (κ3) is 1.32. The first-order valence-electron chi connectivity index (χ1n) is 5.26. The molecule has 0 aromatic heterocycles. The topological polar surface area (TPSA) is 0 Å². The standard InChI is InChI=1S/C12H20/c1-9-5-4-6-10-7-12(2,3)8-11(9)10/h10-11H,1,4-8H2,2-3H3. The zero-order chi connectivity index (χ0) is 8.77. The van der Waals surface area contributed by atoms with Crippen LogP contribution in [0.25, 0.3) is 0 Å². The lowest BCUT2D eigenvalue weighted by molar-refractivity contribution is 0.339. The van der Waals surface area contributed by atoms with E-state index in [1.807, 2.05) is 0 Å². The van der Waals surface area contributed by atoms with Gasteiger partial charge in [-0.1, -0.05) is 26.0 Å². The highest BCUT2D eigenvalue weighted by Crippen LogP contribution is 2.52. The van der Waals surface area contributed by atoms with Gasteiger partial charge in [0.2, 0.25) is 0 Å². The largest absolute Gasteiger partial charge is 0.0996 e. The molecule has 0 aromatic rings. The van der Waals surface area contributed by atoms with Gasteiger partial charge in [-0.05, 0) is 49.4 Å². The molecule has 0 radical (unpaired) electrons. The highest BCUT2D eigenvalue weighted by atomic mass is 14.5. The third-order valence-electron chi connectivity index (χ3n) is 3.75. The van der Waals surface area contributed by atoms with Gasteiger partial charge >= 0.3 is 0 Å². The molecule has 12 heavy (non-hydrogen) atoms. The molecular weight excluding hydrogens is 144 g/mol. The van der Waals surface area contributed by atoms with Crippen LogP contribution in [-0.4, -0.2) is 0 Å². The Morgan fingerprint density at radius 3 is 2.75 bits per heavy atom.